The van der Waals surface area contributed by atoms with E-state index in [0.29, 0.717) is 0 Å². The summed E-state index contributed by atoms with van der Waals surface area (Å²) in [6, 6.07) is 8.51. The number of fused-ring (bicyclic) bond motifs is 1. The summed E-state index contributed by atoms with van der Waals surface area (Å²) >= 11 is 1.85. The van der Waals surface area contributed by atoms with Crippen LogP contribution in [0.2, 0.25) is 0 Å². The largest absolute Gasteiger partial charge is 0.459 e. The monoisotopic (exact) mass is 277 g/mol. The molecule has 0 saturated carbocycles. The van der Waals surface area contributed by atoms with Crippen LogP contribution in [-0.2, 0) is 0 Å². The molecule has 2 nitrogen and oxygen atoms in total. The maximum absolute atomic E-state index is 6.04. The van der Waals surface area contributed by atoms with Crippen molar-refractivity contribution in [2.75, 3.05) is 7.05 Å². The van der Waals surface area contributed by atoms with Gasteiger partial charge in [0.25, 0.3) is 0 Å². The highest BCUT2D eigenvalue weighted by Gasteiger charge is 2.24. The molecule has 1 aromatic carbocycles. The average Bonchev–Trinajstić information content (AvgIpc) is 2.64. The molecule has 1 aromatic heterocycles. The van der Waals surface area contributed by atoms with Gasteiger partial charge in [-0.05, 0) is 47.7 Å². The van der Waals surface area contributed by atoms with E-state index in [2.05, 4.69) is 58.1 Å². The van der Waals surface area contributed by atoms with E-state index in [1.807, 2.05) is 24.1 Å². The normalized spacial score (nSPS) is 14.3. The summed E-state index contributed by atoms with van der Waals surface area (Å²) in [5.41, 5.74) is 2.24. The summed E-state index contributed by atoms with van der Waals surface area (Å²) in [4.78, 5) is 0. The molecule has 0 aliphatic heterocycles. The number of hydrogen-bond acceptors (Lipinski definition) is 3. The van der Waals surface area contributed by atoms with Gasteiger partial charge in [0.2, 0.25) is 0 Å². The van der Waals surface area contributed by atoms with Crippen LogP contribution in [0.5, 0.6) is 0 Å². The lowest BCUT2D eigenvalue weighted by molar-refractivity contribution is 0.372. The van der Waals surface area contributed by atoms with E-state index in [4.69, 9.17) is 4.42 Å². The van der Waals surface area contributed by atoms with Crippen LogP contribution in [0, 0.1) is 6.92 Å². The Kier molecular flexibility index (Phi) is 3.98. The maximum atomic E-state index is 6.04. The van der Waals surface area contributed by atoms with Crippen molar-refractivity contribution in [2.45, 2.75) is 45.4 Å². The number of rotatable bonds is 3. The van der Waals surface area contributed by atoms with Gasteiger partial charge in [-0.1, -0.05) is 30.1 Å². The summed E-state index contributed by atoms with van der Waals surface area (Å²) in [5, 5.41) is 1.22. The third kappa shape index (κ3) is 3.15. The first-order valence-electron chi connectivity index (χ1n) is 6.69. The molecule has 1 heterocycles. The molecule has 3 heteroatoms. The number of para-hydroxylation sites is 1. The van der Waals surface area contributed by atoms with Crippen LogP contribution in [0.1, 0.15) is 45.1 Å². The quantitative estimate of drug-likeness (QED) is 0.719. The third-order valence-electron chi connectivity index (χ3n) is 3.22. The van der Waals surface area contributed by atoms with Crippen LogP contribution in [-0.4, -0.2) is 16.1 Å². The predicted molar refractivity (Wildman–Crippen MR) is 84.5 cm³/mol. The summed E-state index contributed by atoms with van der Waals surface area (Å²) < 4.78 is 8.53. The molecule has 0 saturated heterocycles. The molecular weight excluding hydrogens is 254 g/mol. The highest BCUT2D eigenvalue weighted by molar-refractivity contribution is 7.98. The zero-order chi connectivity index (χ0) is 14.2. The number of furan rings is 1. The minimum absolute atomic E-state index is 0.211. The molecule has 104 valence electrons. The zero-order valence-corrected chi connectivity index (χ0v) is 13.5. The van der Waals surface area contributed by atoms with Crippen LogP contribution >= 0.6 is 11.9 Å². The molecule has 0 fully saturated rings. The lowest BCUT2D eigenvalue weighted by Crippen LogP contribution is -2.22. The Morgan fingerprint density at radius 1 is 1.21 bits per heavy atom. The highest BCUT2D eigenvalue weighted by Crippen LogP contribution is 2.37. The molecule has 0 radical (unpaired) electrons. The third-order valence-corrected chi connectivity index (χ3v) is 4.38. The second-order valence-electron chi connectivity index (χ2n) is 6.01. The Labute approximate surface area is 120 Å². The molecule has 0 aliphatic rings. The molecular formula is C16H23NOS. The number of hydrogen-bond donors (Lipinski definition) is 0. The molecule has 19 heavy (non-hydrogen) atoms. The van der Waals surface area contributed by atoms with E-state index in [1.165, 1.54) is 10.9 Å². The van der Waals surface area contributed by atoms with Gasteiger partial charge in [0.15, 0.2) is 0 Å². The van der Waals surface area contributed by atoms with E-state index in [9.17, 15) is 0 Å². The topological polar surface area (TPSA) is 16.4 Å². The van der Waals surface area contributed by atoms with Gasteiger partial charge >= 0.3 is 0 Å². The number of benzene rings is 1. The molecule has 0 N–H and O–H groups in total. The highest BCUT2D eigenvalue weighted by atomic mass is 32.2. The Morgan fingerprint density at radius 2 is 1.84 bits per heavy atom. The standard InChI is InChI=1S/C16H23NOS/c1-11-13-9-7-8-10-14(13)18-15(11)12(2)17(6)19-16(3,4)5/h7-10,12H,1-6H3/t12-/m1/s1. The summed E-state index contributed by atoms with van der Waals surface area (Å²) in [6.07, 6.45) is 0. The molecule has 0 aliphatic carbocycles. The molecule has 0 unspecified atom stereocenters. The van der Waals surface area contributed by atoms with Gasteiger partial charge in [0, 0.05) is 15.7 Å². The summed E-state index contributed by atoms with van der Waals surface area (Å²) in [5.74, 6) is 1.07. The van der Waals surface area contributed by atoms with Gasteiger partial charge < -0.3 is 4.42 Å². The van der Waals surface area contributed by atoms with E-state index >= 15 is 0 Å². The van der Waals surface area contributed by atoms with E-state index < -0.39 is 0 Å². The van der Waals surface area contributed by atoms with Gasteiger partial charge in [-0.25, -0.2) is 4.31 Å². The lowest BCUT2D eigenvalue weighted by Gasteiger charge is -2.29. The number of aryl methyl sites for hydroxylation is 1. The van der Waals surface area contributed by atoms with E-state index in [-0.39, 0.29) is 10.8 Å². The van der Waals surface area contributed by atoms with Crippen molar-refractivity contribution in [1.29, 1.82) is 0 Å². The van der Waals surface area contributed by atoms with Gasteiger partial charge in [0.05, 0.1) is 6.04 Å². The van der Waals surface area contributed by atoms with Crippen LogP contribution in [0.4, 0.5) is 0 Å². The maximum Gasteiger partial charge on any atom is 0.134 e. The SMILES string of the molecule is Cc1c([C@@H](C)N(C)SC(C)(C)C)oc2ccccc12. The second-order valence-corrected chi connectivity index (χ2v) is 8.00. The first-order valence-corrected chi connectivity index (χ1v) is 7.47. The van der Waals surface area contributed by atoms with Crippen molar-refractivity contribution in [3.8, 4) is 0 Å². The molecule has 0 amide bonds. The van der Waals surface area contributed by atoms with Crippen molar-refractivity contribution in [2.24, 2.45) is 0 Å². The molecule has 2 aromatic rings. The Bertz CT molecular complexity index is 568. The smallest absolute Gasteiger partial charge is 0.134 e. The Hall–Kier alpha value is -0.930. The minimum atomic E-state index is 0.211. The second kappa shape index (κ2) is 5.22. The van der Waals surface area contributed by atoms with Gasteiger partial charge in [0.1, 0.15) is 11.3 Å². The van der Waals surface area contributed by atoms with Crippen molar-refractivity contribution < 1.29 is 4.42 Å². The van der Waals surface area contributed by atoms with Gasteiger partial charge in [-0.3, -0.25) is 0 Å². The van der Waals surface area contributed by atoms with Crippen LogP contribution in [0.25, 0.3) is 11.0 Å². The Morgan fingerprint density at radius 3 is 2.42 bits per heavy atom. The summed E-state index contributed by atoms with van der Waals surface area (Å²) in [6.45, 7) is 11.0. The van der Waals surface area contributed by atoms with Crippen molar-refractivity contribution in [3.63, 3.8) is 0 Å². The fourth-order valence-corrected chi connectivity index (χ4v) is 3.39. The van der Waals surface area contributed by atoms with E-state index in [1.54, 1.807) is 0 Å². The molecule has 1 atom stereocenters. The molecule has 2 rings (SSSR count). The van der Waals surface area contributed by atoms with Crippen LogP contribution in [0.3, 0.4) is 0 Å². The fourth-order valence-electron chi connectivity index (χ4n) is 2.27. The van der Waals surface area contributed by atoms with Crippen molar-refractivity contribution in [3.05, 3.63) is 35.6 Å². The fraction of sp³-hybridized carbons (Fsp3) is 0.500. The van der Waals surface area contributed by atoms with Crippen LogP contribution in [0.15, 0.2) is 28.7 Å². The number of nitrogens with zero attached hydrogens (tertiary/aromatic N) is 1. The van der Waals surface area contributed by atoms with E-state index in [0.717, 1.165) is 11.3 Å². The van der Waals surface area contributed by atoms with Crippen molar-refractivity contribution >= 4 is 22.9 Å². The molecule has 0 bridgehead atoms. The molecule has 0 spiro atoms. The first-order chi connectivity index (χ1) is 8.79. The predicted octanol–water partition coefficient (Wildman–Crippen LogP) is 5.18. The lowest BCUT2D eigenvalue weighted by atomic mass is 10.1. The van der Waals surface area contributed by atoms with Gasteiger partial charge in [-0.15, -0.1) is 0 Å². The van der Waals surface area contributed by atoms with Gasteiger partial charge in [-0.2, -0.15) is 0 Å². The first kappa shape index (κ1) is 14.5. The Balaban J connectivity index is 2.31. The zero-order valence-electron chi connectivity index (χ0n) is 12.7. The summed E-state index contributed by atoms with van der Waals surface area (Å²) in [7, 11) is 2.13. The minimum Gasteiger partial charge on any atom is -0.459 e. The average molecular weight is 277 g/mol. The van der Waals surface area contributed by atoms with Crippen LogP contribution < -0.4 is 0 Å². The van der Waals surface area contributed by atoms with Crippen molar-refractivity contribution in [1.82, 2.24) is 4.31 Å².